The Morgan fingerprint density at radius 2 is 2.33 bits per heavy atom. The fourth-order valence-electron chi connectivity index (χ4n) is 1.28. The third-order valence-corrected chi connectivity index (χ3v) is 2.13. The highest BCUT2D eigenvalue weighted by Gasteiger charge is 2.47. The van der Waals surface area contributed by atoms with Crippen LogP contribution >= 0.6 is 0 Å². The van der Waals surface area contributed by atoms with Crippen LogP contribution in [0.3, 0.4) is 0 Å². The zero-order valence-electron chi connectivity index (χ0n) is 5.30. The van der Waals surface area contributed by atoms with Crippen LogP contribution < -0.4 is 5.32 Å². The van der Waals surface area contributed by atoms with Gasteiger partial charge in [0.25, 0.3) is 0 Å². The second-order valence-corrected chi connectivity index (χ2v) is 2.92. The van der Waals surface area contributed by atoms with Crippen molar-refractivity contribution in [2.75, 3.05) is 6.54 Å². The summed E-state index contributed by atoms with van der Waals surface area (Å²) in [6, 6.07) is 0.248. The summed E-state index contributed by atoms with van der Waals surface area (Å²) in [6.45, 7) is 0.924. The van der Waals surface area contributed by atoms with Crippen LogP contribution in [0.5, 0.6) is 0 Å². The topological polar surface area (TPSA) is 32.3 Å². The predicted molar refractivity (Wildman–Crippen MR) is 35.1 cm³/mol. The van der Waals surface area contributed by atoms with Gasteiger partial charge in [0.1, 0.15) is 0 Å². The molecule has 1 fully saturated rings. The second-order valence-electron chi connectivity index (χ2n) is 2.92. The predicted octanol–water partition coefficient (Wildman–Crippen LogP) is 0.0393. The van der Waals surface area contributed by atoms with Crippen molar-refractivity contribution in [3.63, 3.8) is 0 Å². The third-order valence-electron chi connectivity index (χ3n) is 2.13. The van der Waals surface area contributed by atoms with Gasteiger partial charge >= 0.3 is 0 Å². The normalized spacial score (nSPS) is 37.2. The molecule has 2 N–H and O–H groups in total. The molecule has 2 heteroatoms. The Kier molecular flexibility index (Phi) is 0.957. The van der Waals surface area contributed by atoms with Crippen molar-refractivity contribution in [1.82, 2.24) is 5.32 Å². The zero-order chi connectivity index (χ0) is 6.32. The van der Waals surface area contributed by atoms with E-state index in [-0.39, 0.29) is 11.6 Å². The van der Waals surface area contributed by atoms with Crippen molar-refractivity contribution in [2.24, 2.45) is 0 Å². The maximum Gasteiger partial charge on any atom is 0.0837 e. The lowest BCUT2D eigenvalue weighted by molar-refractivity contribution is 0.126. The molecule has 9 heavy (non-hydrogen) atoms. The first-order valence-corrected chi connectivity index (χ1v) is 3.44. The van der Waals surface area contributed by atoms with Gasteiger partial charge in [0.05, 0.1) is 11.6 Å². The maximum atomic E-state index is 9.51. The van der Waals surface area contributed by atoms with Crippen LogP contribution in [0, 0.1) is 0 Å². The van der Waals surface area contributed by atoms with E-state index in [1.165, 1.54) is 0 Å². The molecule has 50 valence electrons. The maximum absolute atomic E-state index is 9.51. The summed E-state index contributed by atoms with van der Waals surface area (Å²) in [7, 11) is 0. The Hall–Kier alpha value is -0.340. The van der Waals surface area contributed by atoms with Crippen LogP contribution in [-0.4, -0.2) is 23.3 Å². The smallest absolute Gasteiger partial charge is 0.0837 e. The van der Waals surface area contributed by atoms with Gasteiger partial charge in [-0.25, -0.2) is 0 Å². The summed E-state index contributed by atoms with van der Waals surface area (Å²) in [4.78, 5) is 0. The Bertz CT molecular complexity index is 149. The molecule has 0 aromatic rings. The molecule has 0 amide bonds. The number of hydrogen-bond acceptors (Lipinski definition) is 2. The summed E-state index contributed by atoms with van der Waals surface area (Å²) >= 11 is 0. The Labute approximate surface area is 54.6 Å². The molecule has 1 heterocycles. The summed E-state index contributed by atoms with van der Waals surface area (Å²) in [5, 5.41) is 12.7. The molecule has 2 nitrogen and oxygen atoms in total. The van der Waals surface area contributed by atoms with E-state index >= 15 is 0 Å². The first-order chi connectivity index (χ1) is 4.31. The standard InChI is InChI=1S/C7H11NO/c9-7(3-4-7)6-2-1-5-8-6/h1-2,6,8-9H,3-5H2. The molecule has 2 rings (SSSR count). The molecular weight excluding hydrogens is 114 g/mol. The molecule has 1 aliphatic heterocycles. The summed E-state index contributed by atoms with van der Waals surface area (Å²) in [5.74, 6) is 0. The van der Waals surface area contributed by atoms with E-state index in [4.69, 9.17) is 0 Å². The van der Waals surface area contributed by atoms with E-state index in [9.17, 15) is 5.11 Å². The number of aliphatic hydroxyl groups is 1. The Morgan fingerprint density at radius 3 is 2.78 bits per heavy atom. The van der Waals surface area contributed by atoms with Crippen LogP contribution in [-0.2, 0) is 0 Å². The zero-order valence-corrected chi connectivity index (χ0v) is 5.30. The molecule has 0 saturated heterocycles. The average molecular weight is 125 g/mol. The molecule has 2 aliphatic rings. The van der Waals surface area contributed by atoms with Crippen LogP contribution in [0.2, 0.25) is 0 Å². The molecule has 0 aromatic heterocycles. The molecule has 1 aliphatic carbocycles. The van der Waals surface area contributed by atoms with Crippen molar-refractivity contribution < 1.29 is 5.11 Å². The van der Waals surface area contributed by atoms with Gasteiger partial charge in [-0.15, -0.1) is 0 Å². The molecule has 0 spiro atoms. The average Bonchev–Trinajstić information content (AvgIpc) is 2.46. The van der Waals surface area contributed by atoms with Crippen LogP contribution in [0.1, 0.15) is 12.8 Å². The lowest BCUT2D eigenvalue weighted by Crippen LogP contribution is -2.36. The van der Waals surface area contributed by atoms with Crippen LogP contribution in [0.4, 0.5) is 0 Å². The van der Waals surface area contributed by atoms with Gasteiger partial charge in [0.2, 0.25) is 0 Å². The van der Waals surface area contributed by atoms with Gasteiger partial charge < -0.3 is 10.4 Å². The highest BCUT2D eigenvalue weighted by Crippen LogP contribution is 2.39. The fraction of sp³-hybridized carbons (Fsp3) is 0.714. The summed E-state index contributed by atoms with van der Waals surface area (Å²) in [5.41, 5.74) is -0.368. The van der Waals surface area contributed by atoms with E-state index in [0.29, 0.717) is 0 Å². The molecule has 1 unspecified atom stereocenters. The van der Waals surface area contributed by atoms with E-state index in [2.05, 4.69) is 17.5 Å². The van der Waals surface area contributed by atoms with E-state index in [1.807, 2.05) is 0 Å². The molecule has 1 atom stereocenters. The van der Waals surface area contributed by atoms with Crippen molar-refractivity contribution in [3.8, 4) is 0 Å². The van der Waals surface area contributed by atoms with Crippen molar-refractivity contribution in [1.29, 1.82) is 0 Å². The minimum Gasteiger partial charge on any atom is -0.388 e. The van der Waals surface area contributed by atoms with Gasteiger partial charge in [-0.2, -0.15) is 0 Å². The van der Waals surface area contributed by atoms with Gasteiger partial charge in [0.15, 0.2) is 0 Å². The van der Waals surface area contributed by atoms with Crippen molar-refractivity contribution >= 4 is 0 Å². The van der Waals surface area contributed by atoms with E-state index in [1.54, 1.807) is 0 Å². The fourth-order valence-corrected chi connectivity index (χ4v) is 1.28. The molecule has 0 aromatic carbocycles. The van der Waals surface area contributed by atoms with E-state index < -0.39 is 0 Å². The second kappa shape index (κ2) is 1.58. The molecular formula is C7H11NO. The molecule has 0 bridgehead atoms. The number of nitrogens with one attached hydrogen (secondary N) is 1. The Balaban J connectivity index is 2.05. The van der Waals surface area contributed by atoms with Gasteiger partial charge in [0, 0.05) is 6.54 Å². The van der Waals surface area contributed by atoms with E-state index in [0.717, 1.165) is 19.4 Å². The van der Waals surface area contributed by atoms with Crippen molar-refractivity contribution in [2.45, 2.75) is 24.5 Å². The van der Waals surface area contributed by atoms with Gasteiger partial charge in [-0.3, -0.25) is 0 Å². The highest BCUT2D eigenvalue weighted by atomic mass is 16.3. The minimum atomic E-state index is -0.368. The lowest BCUT2D eigenvalue weighted by atomic mass is 10.1. The monoisotopic (exact) mass is 125 g/mol. The van der Waals surface area contributed by atoms with Gasteiger partial charge in [-0.1, -0.05) is 12.2 Å². The quantitative estimate of drug-likeness (QED) is 0.485. The number of rotatable bonds is 1. The first kappa shape index (κ1) is 5.45. The number of hydrogen-bond donors (Lipinski definition) is 2. The Morgan fingerprint density at radius 1 is 1.56 bits per heavy atom. The van der Waals surface area contributed by atoms with Crippen molar-refractivity contribution in [3.05, 3.63) is 12.2 Å². The largest absolute Gasteiger partial charge is 0.388 e. The highest BCUT2D eigenvalue weighted by molar-refractivity contribution is 5.16. The van der Waals surface area contributed by atoms with Crippen LogP contribution in [0.15, 0.2) is 12.2 Å². The summed E-state index contributed by atoms with van der Waals surface area (Å²) in [6.07, 6.45) is 6.07. The minimum absolute atomic E-state index is 0.248. The first-order valence-electron chi connectivity index (χ1n) is 3.44. The third kappa shape index (κ3) is 0.787. The SMILES string of the molecule is OC1(C2C=CCN2)CC1. The van der Waals surface area contributed by atoms with Gasteiger partial charge in [-0.05, 0) is 12.8 Å². The van der Waals surface area contributed by atoms with Crippen LogP contribution in [0.25, 0.3) is 0 Å². The lowest BCUT2D eigenvalue weighted by Gasteiger charge is -2.14. The molecule has 0 radical (unpaired) electrons. The molecule has 1 saturated carbocycles. The summed E-state index contributed by atoms with van der Waals surface area (Å²) < 4.78 is 0.